The zero-order valence-corrected chi connectivity index (χ0v) is 11.5. The van der Waals surface area contributed by atoms with Crippen LogP contribution in [-0.2, 0) is 12.8 Å². The molecular formula is C18H18O2. The lowest BCUT2D eigenvalue weighted by molar-refractivity contribution is 0.244. The predicted octanol–water partition coefficient (Wildman–Crippen LogP) is 3.73. The molecule has 2 aliphatic rings. The second kappa shape index (κ2) is 4.86. The Hall–Kier alpha value is -1.96. The summed E-state index contributed by atoms with van der Waals surface area (Å²) in [5.74, 6) is 2.58. The van der Waals surface area contributed by atoms with E-state index in [0.29, 0.717) is 5.92 Å². The van der Waals surface area contributed by atoms with E-state index >= 15 is 0 Å². The highest BCUT2D eigenvalue weighted by Crippen LogP contribution is 2.41. The Kier molecular flexibility index (Phi) is 2.87. The molecule has 2 aromatic carbocycles. The smallest absolute Gasteiger partial charge is 0.129 e. The monoisotopic (exact) mass is 266 g/mol. The van der Waals surface area contributed by atoms with Crippen LogP contribution in [0.4, 0.5) is 0 Å². The predicted molar refractivity (Wildman–Crippen MR) is 78.6 cm³/mol. The molecule has 0 saturated carbocycles. The molecule has 2 aromatic rings. The Morgan fingerprint density at radius 1 is 0.950 bits per heavy atom. The normalized spacial score (nSPS) is 20.3. The van der Waals surface area contributed by atoms with Crippen LogP contribution in [-0.4, -0.2) is 13.2 Å². The Morgan fingerprint density at radius 2 is 1.85 bits per heavy atom. The third-order valence-corrected chi connectivity index (χ3v) is 4.29. The van der Waals surface area contributed by atoms with Crippen LogP contribution in [0.25, 0.3) is 0 Å². The highest BCUT2D eigenvalue weighted by atomic mass is 16.5. The van der Waals surface area contributed by atoms with Crippen molar-refractivity contribution in [2.45, 2.75) is 25.2 Å². The first-order valence-electron chi connectivity index (χ1n) is 7.37. The van der Waals surface area contributed by atoms with Crippen LogP contribution in [0.5, 0.6) is 11.5 Å². The van der Waals surface area contributed by atoms with Gasteiger partial charge in [-0.1, -0.05) is 36.4 Å². The van der Waals surface area contributed by atoms with E-state index in [1.165, 1.54) is 16.7 Å². The number of rotatable bonds is 1. The Morgan fingerprint density at radius 3 is 2.75 bits per heavy atom. The molecule has 0 fully saturated rings. The Labute approximate surface area is 119 Å². The molecule has 4 rings (SSSR count). The average Bonchev–Trinajstić information content (AvgIpc) is 2.55. The fourth-order valence-electron chi connectivity index (χ4n) is 3.25. The maximum Gasteiger partial charge on any atom is 0.129 e. The van der Waals surface area contributed by atoms with E-state index in [1.54, 1.807) is 0 Å². The summed E-state index contributed by atoms with van der Waals surface area (Å²) >= 11 is 0. The summed E-state index contributed by atoms with van der Waals surface area (Å²) in [6.07, 6.45) is 3.23. The lowest BCUT2D eigenvalue weighted by Gasteiger charge is -2.29. The van der Waals surface area contributed by atoms with Crippen LogP contribution in [0.2, 0.25) is 0 Å². The molecule has 2 heteroatoms. The van der Waals surface area contributed by atoms with Crippen molar-refractivity contribution in [2.75, 3.05) is 13.2 Å². The molecule has 20 heavy (non-hydrogen) atoms. The standard InChI is InChI=1S/C18H18O2/c1-2-5-13(6-3-1)15-11-14-8-9-17-16(7-4-10-19-17)18(14)20-12-15/h1-3,5-6,8-9,15H,4,7,10-12H2/t15-/m1/s1. The van der Waals surface area contributed by atoms with Crippen molar-refractivity contribution in [2.24, 2.45) is 0 Å². The summed E-state index contributed by atoms with van der Waals surface area (Å²) in [6, 6.07) is 15.0. The lowest BCUT2D eigenvalue weighted by Crippen LogP contribution is -2.21. The topological polar surface area (TPSA) is 18.5 Å². The molecule has 0 saturated heterocycles. The quantitative estimate of drug-likeness (QED) is 0.783. The average molecular weight is 266 g/mol. The van der Waals surface area contributed by atoms with Gasteiger partial charge in [0.2, 0.25) is 0 Å². The molecule has 1 atom stereocenters. The van der Waals surface area contributed by atoms with E-state index in [9.17, 15) is 0 Å². The van der Waals surface area contributed by atoms with Crippen LogP contribution in [0.15, 0.2) is 42.5 Å². The van der Waals surface area contributed by atoms with Gasteiger partial charge >= 0.3 is 0 Å². The van der Waals surface area contributed by atoms with E-state index in [-0.39, 0.29) is 0 Å². The van der Waals surface area contributed by atoms with Crippen molar-refractivity contribution in [1.29, 1.82) is 0 Å². The fourth-order valence-corrected chi connectivity index (χ4v) is 3.25. The number of ether oxygens (including phenoxy) is 2. The van der Waals surface area contributed by atoms with E-state index in [1.807, 2.05) is 0 Å². The molecule has 2 aliphatic heterocycles. The number of hydrogen-bond acceptors (Lipinski definition) is 2. The maximum atomic E-state index is 6.11. The molecule has 102 valence electrons. The van der Waals surface area contributed by atoms with Crippen LogP contribution in [0.3, 0.4) is 0 Å². The first-order chi connectivity index (χ1) is 9.92. The Bertz CT molecular complexity index is 619. The molecule has 0 radical (unpaired) electrons. The highest BCUT2D eigenvalue weighted by Gasteiger charge is 2.26. The second-order valence-corrected chi connectivity index (χ2v) is 5.61. The van der Waals surface area contributed by atoms with Gasteiger partial charge in [0, 0.05) is 11.5 Å². The molecule has 0 amide bonds. The van der Waals surface area contributed by atoms with Gasteiger partial charge in [-0.25, -0.2) is 0 Å². The highest BCUT2D eigenvalue weighted by molar-refractivity contribution is 5.52. The van der Waals surface area contributed by atoms with E-state index in [2.05, 4.69) is 42.5 Å². The number of benzene rings is 2. The molecule has 0 bridgehead atoms. The second-order valence-electron chi connectivity index (χ2n) is 5.61. The molecule has 0 spiro atoms. The van der Waals surface area contributed by atoms with Crippen LogP contribution in [0.1, 0.15) is 29.0 Å². The van der Waals surface area contributed by atoms with E-state index in [4.69, 9.17) is 9.47 Å². The summed E-state index contributed by atoms with van der Waals surface area (Å²) < 4.78 is 11.8. The van der Waals surface area contributed by atoms with Crippen molar-refractivity contribution in [3.8, 4) is 11.5 Å². The van der Waals surface area contributed by atoms with Crippen LogP contribution >= 0.6 is 0 Å². The minimum Gasteiger partial charge on any atom is -0.493 e. The maximum absolute atomic E-state index is 6.11. The van der Waals surface area contributed by atoms with Crippen molar-refractivity contribution >= 4 is 0 Å². The summed E-state index contributed by atoms with van der Waals surface area (Å²) in [5.41, 5.74) is 3.97. The number of fused-ring (bicyclic) bond motifs is 3. The van der Waals surface area contributed by atoms with Gasteiger partial charge < -0.3 is 9.47 Å². The van der Waals surface area contributed by atoms with Gasteiger partial charge in [-0.15, -0.1) is 0 Å². The van der Waals surface area contributed by atoms with Gasteiger partial charge in [0.15, 0.2) is 0 Å². The van der Waals surface area contributed by atoms with Gasteiger partial charge in [0.25, 0.3) is 0 Å². The Balaban J connectivity index is 1.67. The van der Waals surface area contributed by atoms with E-state index < -0.39 is 0 Å². The van der Waals surface area contributed by atoms with Crippen molar-refractivity contribution < 1.29 is 9.47 Å². The van der Waals surface area contributed by atoms with Crippen LogP contribution in [0, 0.1) is 0 Å². The first kappa shape index (κ1) is 11.8. The zero-order chi connectivity index (χ0) is 13.4. The van der Waals surface area contributed by atoms with Crippen molar-refractivity contribution in [3.05, 3.63) is 59.2 Å². The zero-order valence-electron chi connectivity index (χ0n) is 11.5. The first-order valence-corrected chi connectivity index (χ1v) is 7.37. The number of hydrogen-bond donors (Lipinski definition) is 0. The molecule has 0 aromatic heterocycles. The molecule has 2 heterocycles. The third-order valence-electron chi connectivity index (χ3n) is 4.29. The summed E-state index contributed by atoms with van der Waals surface area (Å²) in [6.45, 7) is 1.60. The molecule has 0 aliphatic carbocycles. The molecule has 0 unspecified atom stereocenters. The van der Waals surface area contributed by atoms with Gasteiger partial charge in [-0.05, 0) is 36.5 Å². The SMILES string of the molecule is c1ccc([C@H]2COc3c(ccc4c3CCCO4)C2)cc1. The van der Waals surface area contributed by atoms with Crippen molar-refractivity contribution in [1.82, 2.24) is 0 Å². The summed E-state index contributed by atoms with van der Waals surface area (Å²) in [5, 5.41) is 0. The minimum absolute atomic E-state index is 0.464. The van der Waals surface area contributed by atoms with Gasteiger partial charge in [0.05, 0.1) is 13.2 Å². The molecule has 2 nitrogen and oxygen atoms in total. The van der Waals surface area contributed by atoms with Crippen LogP contribution < -0.4 is 9.47 Å². The van der Waals surface area contributed by atoms with Gasteiger partial charge in [-0.3, -0.25) is 0 Å². The summed E-state index contributed by atoms with van der Waals surface area (Å²) in [4.78, 5) is 0. The van der Waals surface area contributed by atoms with Gasteiger partial charge in [0.1, 0.15) is 11.5 Å². The van der Waals surface area contributed by atoms with E-state index in [0.717, 1.165) is 44.0 Å². The molecular weight excluding hydrogens is 248 g/mol. The fraction of sp³-hybridized carbons (Fsp3) is 0.333. The molecule has 0 N–H and O–H groups in total. The van der Waals surface area contributed by atoms with Crippen molar-refractivity contribution in [3.63, 3.8) is 0 Å². The lowest BCUT2D eigenvalue weighted by atomic mass is 9.88. The summed E-state index contributed by atoms with van der Waals surface area (Å²) in [7, 11) is 0. The minimum atomic E-state index is 0.464. The van der Waals surface area contributed by atoms with Gasteiger partial charge in [-0.2, -0.15) is 0 Å². The third kappa shape index (κ3) is 1.96. The largest absolute Gasteiger partial charge is 0.493 e.